The summed E-state index contributed by atoms with van der Waals surface area (Å²) < 4.78 is 2.42. The van der Waals surface area contributed by atoms with E-state index >= 15 is 0 Å². The zero-order valence-electron chi connectivity index (χ0n) is 38.1. The summed E-state index contributed by atoms with van der Waals surface area (Å²) in [6, 6.07) is 31.5. The summed E-state index contributed by atoms with van der Waals surface area (Å²) in [5, 5.41) is 2.52. The van der Waals surface area contributed by atoms with E-state index in [1.165, 1.54) is 155 Å². The molecule has 7 aromatic rings. The monoisotopic (exact) mass is 863 g/mol. The van der Waals surface area contributed by atoms with Gasteiger partial charge in [-0.2, -0.15) is 0 Å². The molecule has 62 heavy (non-hydrogen) atoms. The third kappa shape index (κ3) is 12.1. The Hall–Kier alpha value is -4.52. The van der Waals surface area contributed by atoms with Crippen molar-refractivity contribution < 1.29 is 0 Å². The highest BCUT2D eigenvalue weighted by atomic mass is 32.1. The molecule has 0 unspecified atom stereocenters. The second-order valence-electron chi connectivity index (χ2n) is 17.3. The zero-order valence-corrected chi connectivity index (χ0v) is 39.8. The van der Waals surface area contributed by atoms with Crippen LogP contribution in [0.4, 0.5) is 11.4 Å². The number of nitrogens with zero attached hydrogens (tertiary/aromatic N) is 4. The normalized spacial score (nSPS) is 12.1. The number of anilines is 2. The maximum atomic E-state index is 5.26. The van der Waals surface area contributed by atoms with Crippen LogP contribution in [0, 0.1) is 0 Å². The molecule has 0 N–H and O–H groups in total. The first-order valence-electron chi connectivity index (χ1n) is 24.2. The van der Waals surface area contributed by atoms with Crippen LogP contribution in [0.25, 0.3) is 66.5 Å². The molecule has 6 heteroatoms. The Labute approximate surface area is 380 Å². The number of para-hydroxylation sites is 2. The van der Waals surface area contributed by atoms with Gasteiger partial charge >= 0.3 is 0 Å². The first-order valence-corrected chi connectivity index (χ1v) is 25.8. The van der Waals surface area contributed by atoms with Crippen molar-refractivity contribution in [3.05, 3.63) is 106 Å². The van der Waals surface area contributed by atoms with Gasteiger partial charge in [0.05, 0.1) is 20.4 Å². The molecule has 0 spiro atoms. The van der Waals surface area contributed by atoms with Gasteiger partial charge < -0.3 is 9.80 Å². The highest BCUT2D eigenvalue weighted by molar-refractivity contribution is 7.23. The lowest BCUT2D eigenvalue weighted by atomic mass is 10.1. The van der Waals surface area contributed by atoms with E-state index in [2.05, 4.69) is 147 Å². The first-order chi connectivity index (χ1) is 30.6. The molecule has 326 valence electrons. The summed E-state index contributed by atoms with van der Waals surface area (Å²) in [7, 11) is 0. The summed E-state index contributed by atoms with van der Waals surface area (Å²) >= 11 is 3.65. The summed E-state index contributed by atoms with van der Waals surface area (Å²) in [5.74, 6) is 0. The Bertz CT molecular complexity index is 2290. The predicted molar refractivity (Wildman–Crippen MR) is 280 cm³/mol. The third-order valence-corrected chi connectivity index (χ3v) is 14.5. The van der Waals surface area contributed by atoms with Gasteiger partial charge in [0, 0.05) is 58.1 Å². The number of unbranched alkanes of at least 4 members (excludes halogenated alkanes) is 12. The van der Waals surface area contributed by atoms with E-state index < -0.39 is 0 Å². The Morgan fingerprint density at radius 3 is 1.11 bits per heavy atom. The second kappa shape index (κ2) is 23.8. The molecular formula is C56H70N4S2. The minimum atomic E-state index is 0.941. The third-order valence-electron chi connectivity index (χ3n) is 12.3. The van der Waals surface area contributed by atoms with Crippen LogP contribution in [0.1, 0.15) is 151 Å². The maximum absolute atomic E-state index is 5.26. The van der Waals surface area contributed by atoms with Gasteiger partial charge in [-0.15, -0.1) is 22.7 Å². The lowest BCUT2D eigenvalue weighted by Crippen LogP contribution is -2.25. The molecule has 0 aliphatic carbocycles. The van der Waals surface area contributed by atoms with E-state index in [0.29, 0.717) is 0 Å². The van der Waals surface area contributed by atoms with E-state index in [0.717, 1.165) is 48.2 Å². The average molecular weight is 863 g/mol. The van der Waals surface area contributed by atoms with Crippen LogP contribution in [0.2, 0.25) is 0 Å². The Morgan fingerprint density at radius 1 is 0.419 bits per heavy atom. The van der Waals surface area contributed by atoms with Crippen LogP contribution in [0.5, 0.6) is 0 Å². The molecule has 0 radical (unpaired) electrons. The minimum Gasteiger partial charge on any atom is -0.372 e. The summed E-state index contributed by atoms with van der Waals surface area (Å²) in [6.07, 6.45) is 29.9. The number of rotatable bonds is 26. The molecule has 0 saturated carbocycles. The first kappa shape index (κ1) is 45.5. The number of benzene rings is 4. The van der Waals surface area contributed by atoms with Crippen LogP contribution in [0.15, 0.2) is 84.9 Å². The number of fused-ring (bicyclic) bond motifs is 7. The minimum absolute atomic E-state index is 0.941. The standard InChI is InChI=1S/C56H70N4S2/c1-5-9-13-19-37-59(38-20-14-10-6-2)45-31-25-43(26-32-45)29-35-47-41-49-50-42-48(62-56(50)54-53(55(49)61-47)57-51-23-17-18-24-52(51)58-54)36-30-44-27-33-46(34-28-44)60(39-21-15-11-7-3)40-22-16-12-8-4/h17-18,23-36,41-42H,5-16,19-22,37-40H2,1-4H3/b35-29+,36-30+. The number of hydrogen-bond donors (Lipinski definition) is 0. The lowest BCUT2D eigenvalue weighted by molar-refractivity contribution is 0.609. The van der Waals surface area contributed by atoms with Gasteiger partial charge in [-0.25, -0.2) is 9.97 Å². The number of aromatic nitrogens is 2. The zero-order chi connectivity index (χ0) is 42.9. The van der Waals surface area contributed by atoms with E-state index in [-0.39, 0.29) is 0 Å². The molecule has 0 atom stereocenters. The SMILES string of the molecule is CCCCCCN(CCCCCC)c1ccc(/C=C/c2cc3c4cc(/C=C/c5ccc(N(CCCCCC)CCCCCC)cc5)sc4c4nc5ccccc5nc4c3s2)cc1. The molecule has 3 aromatic heterocycles. The van der Waals surface area contributed by atoms with Gasteiger partial charge in [0.25, 0.3) is 0 Å². The van der Waals surface area contributed by atoms with Gasteiger partial charge in [-0.3, -0.25) is 0 Å². The smallest absolute Gasteiger partial charge is 0.109 e. The quantitative estimate of drug-likeness (QED) is 0.0401. The van der Waals surface area contributed by atoms with E-state index in [4.69, 9.17) is 9.97 Å². The molecule has 0 saturated heterocycles. The largest absolute Gasteiger partial charge is 0.372 e. The molecule has 0 aliphatic heterocycles. The van der Waals surface area contributed by atoms with Crippen molar-refractivity contribution in [3.63, 3.8) is 0 Å². The van der Waals surface area contributed by atoms with Crippen LogP contribution in [-0.2, 0) is 0 Å². The van der Waals surface area contributed by atoms with Crippen LogP contribution >= 0.6 is 22.7 Å². The number of thiophene rings is 2. The molecule has 0 fully saturated rings. The maximum Gasteiger partial charge on any atom is 0.109 e. The van der Waals surface area contributed by atoms with Crippen LogP contribution in [0.3, 0.4) is 0 Å². The number of hydrogen-bond acceptors (Lipinski definition) is 6. The van der Waals surface area contributed by atoms with E-state index in [9.17, 15) is 0 Å². The lowest BCUT2D eigenvalue weighted by Gasteiger charge is -2.25. The van der Waals surface area contributed by atoms with Crippen molar-refractivity contribution >= 4 is 101 Å². The molecule has 0 aliphatic rings. The van der Waals surface area contributed by atoms with Gasteiger partial charge in [0.1, 0.15) is 11.0 Å². The highest BCUT2D eigenvalue weighted by Gasteiger charge is 2.17. The Balaban J connectivity index is 1.13. The van der Waals surface area contributed by atoms with Crippen molar-refractivity contribution in [1.29, 1.82) is 0 Å². The second-order valence-corrected chi connectivity index (χ2v) is 19.4. The molecule has 0 bridgehead atoms. The Kier molecular flexibility index (Phi) is 17.5. The van der Waals surface area contributed by atoms with Crippen molar-refractivity contribution in [3.8, 4) is 0 Å². The van der Waals surface area contributed by atoms with Crippen LogP contribution in [-0.4, -0.2) is 36.1 Å². The molecule has 7 rings (SSSR count). The van der Waals surface area contributed by atoms with Gasteiger partial charge in [-0.1, -0.05) is 153 Å². The van der Waals surface area contributed by atoms with Gasteiger partial charge in [0.15, 0.2) is 0 Å². The Morgan fingerprint density at radius 2 is 0.774 bits per heavy atom. The highest BCUT2D eigenvalue weighted by Crippen LogP contribution is 2.43. The average Bonchev–Trinajstić information content (AvgIpc) is 3.94. The molecule has 4 nitrogen and oxygen atoms in total. The van der Waals surface area contributed by atoms with Crippen LogP contribution < -0.4 is 9.80 Å². The van der Waals surface area contributed by atoms with E-state index in [1.807, 2.05) is 22.7 Å². The summed E-state index contributed by atoms with van der Waals surface area (Å²) in [5.41, 5.74) is 9.04. The fourth-order valence-corrected chi connectivity index (χ4v) is 10.8. The fraction of sp³-hybridized carbons (Fsp3) is 0.429. The summed E-state index contributed by atoms with van der Waals surface area (Å²) in [6.45, 7) is 13.8. The predicted octanol–water partition coefficient (Wildman–Crippen LogP) is 17.5. The van der Waals surface area contributed by atoms with Gasteiger partial charge in [0.2, 0.25) is 0 Å². The van der Waals surface area contributed by atoms with Gasteiger partial charge in [-0.05, 0) is 97.5 Å². The topological polar surface area (TPSA) is 32.3 Å². The molecule has 3 heterocycles. The van der Waals surface area contributed by atoms with Crippen molar-refractivity contribution in [2.45, 2.75) is 130 Å². The summed E-state index contributed by atoms with van der Waals surface area (Å²) in [4.78, 5) is 18.2. The molecular weight excluding hydrogens is 793 g/mol. The molecule has 0 amide bonds. The van der Waals surface area contributed by atoms with Crippen molar-refractivity contribution in [1.82, 2.24) is 9.97 Å². The molecule has 4 aromatic carbocycles. The van der Waals surface area contributed by atoms with E-state index in [1.54, 1.807) is 0 Å². The van der Waals surface area contributed by atoms with Crippen molar-refractivity contribution in [2.75, 3.05) is 36.0 Å². The fourth-order valence-electron chi connectivity index (χ4n) is 8.66. The van der Waals surface area contributed by atoms with Crippen molar-refractivity contribution in [2.24, 2.45) is 0 Å².